The summed E-state index contributed by atoms with van der Waals surface area (Å²) in [4.78, 5) is 27.2. The van der Waals surface area contributed by atoms with Gasteiger partial charge in [-0.25, -0.2) is 23.1 Å². The molecule has 3 atom stereocenters. The van der Waals surface area contributed by atoms with E-state index in [9.17, 15) is 13.2 Å². The summed E-state index contributed by atoms with van der Waals surface area (Å²) < 4.78 is 29.1. The number of carbonyl (C=O) groups is 1. The Kier molecular flexibility index (Phi) is 5.45. The number of sulfone groups is 1. The average molecular weight is 560 g/mol. The van der Waals surface area contributed by atoms with Crippen molar-refractivity contribution in [2.75, 3.05) is 12.0 Å². The second-order valence-corrected chi connectivity index (χ2v) is 12.2. The number of aromatic nitrogens is 9. The minimum atomic E-state index is -3.75. The van der Waals surface area contributed by atoms with Gasteiger partial charge in [0.2, 0.25) is 5.82 Å². The van der Waals surface area contributed by atoms with E-state index in [1.807, 2.05) is 23.1 Å². The summed E-state index contributed by atoms with van der Waals surface area (Å²) in [6, 6.07) is 5.39. The van der Waals surface area contributed by atoms with E-state index in [4.69, 9.17) is 10.7 Å². The summed E-state index contributed by atoms with van der Waals surface area (Å²) in [5.74, 6) is 0.463. The van der Waals surface area contributed by atoms with Crippen molar-refractivity contribution in [2.24, 2.45) is 0 Å². The zero-order chi connectivity index (χ0) is 27.6. The Hall–Kier alpha value is -4.66. The average Bonchev–Trinajstić information content (AvgIpc) is 3.74. The molecule has 7 rings (SSSR count). The Morgan fingerprint density at radius 1 is 1.12 bits per heavy atom. The van der Waals surface area contributed by atoms with E-state index in [0.717, 1.165) is 24.7 Å². The lowest BCUT2D eigenvalue weighted by Crippen LogP contribution is -2.46. The highest BCUT2D eigenvalue weighted by atomic mass is 32.2. The molecule has 3 N–H and O–H groups in total. The van der Waals surface area contributed by atoms with Crippen LogP contribution in [0.5, 0.6) is 0 Å². The Balaban J connectivity index is 1.29. The molecule has 2 aliphatic heterocycles. The number of carbonyl (C=O) groups excluding carboxylic acids is 1. The third-order valence-electron chi connectivity index (χ3n) is 7.81. The van der Waals surface area contributed by atoms with Crippen LogP contribution in [0.2, 0.25) is 0 Å². The Labute approximate surface area is 228 Å². The molecule has 0 radical (unpaired) electrons. The van der Waals surface area contributed by atoms with Gasteiger partial charge in [-0.15, -0.1) is 10.2 Å². The summed E-state index contributed by atoms with van der Waals surface area (Å²) in [5, 5.41) is 16.2. The molecule has 0 aliphatic carbocycles. The topological polar surface area (TPSA) is 183 Å². The summed E-state index contributed by atoms with van der Waals surface area (Å²) in [6.07, 6.45) is 12.1. The zero-order valence-corrected chi connectivity index (χ0v) is 22.2. The van der Waals surface area contributed by atoms with E-state index in [0.29, 0.717) is 35.6 Å². The van der Waals surface area contributed by atoms with E-state index >= 15 is 0 Å². The molecule has 204 valence electrons. The Bertz CT molecular complexity index is 1820. The van der Waals surface area contributed by atoms with Crippen LogP contribution in [0.4, 0.5) is 5.82 Å². The molecule has 5 aromatic rings. The number of anilines is 1. The number of hydrogen-bond donors (Lipinski definition) is 2. The largest absolute Gasteiger partial charge is 0.382 e. The summed E-state index contributed by atoms with van der Waals surface area (Å²) in [5.41, 5.74) is 8.78. The molecule has 40 heavy (non-hydrogen) atoms. The number of rotatable bonds is 5. The monoisotopic (exact) mass is 559 g/mol. The third kappa shape index (κ3) is 3.84. The number of H-pyrrole nitrogens is 1. The van der Waals surface area contributed by atoms with Crippen LogP contribution in [-0.4, -0.2) is 82.1 Å². The SMILES string of the molecule is CS(=O)(=O)c1c([C@H]2C[C@H]3CC[C@@H](C2)N3C(=O)c2nnc[nH]2)nc2c(-c3ccc(-n4cccn4)nc3)cnn2c1N. The van der Waals surface area contributed by atoms with Crippen LogP contribution in [0.3, 0.4) is 0 Å². The Morgan fingerprint density at radius 3 is 2.55 bits per heavy atom. The smallest absolute Gasteiger partial charge is 0.292 e. The van der Waals surface area contributed by atoms with E-state index in [1.165, 1.54) is 10.8 Å². The fraction of sp³-hybridized carbons (Fsp3) is 0.320. The van der Waals surface area contributed by atoms with Gasteiger partial charge in [-0.05, 0) is 43.9 Å². The molecule has 2 fully saturated rings. The summed E-state index contributed by atoms with van der Waals surface area (Å²) >= 11 is 0. The molecule has 1 amide bonds. The molecule has 0 spiro atoms. The van der Waals surface area contributed by atoms with Crippen LogP contribution in [0.1, 0.15) is 47.9 Å². The van der Waals surface area contributed by atoms with Gasteiger partial charge in [-0.1, -0.05) is 0 Å². The molecule has 0 unspecified atom stereocenters. The normalized spacial score (nSPS) is 20.8. The number of amides is 1. The maximum Gasteiger partial charge on any atom is 0.292 e. The predicted molar refractivity (Wildman–Crippen MR) is 142 cm³/mol. The second-order valence-electron chi connectivity index (χ2n) is 10.2. The standard InChI is InChI=1S/C25H25N11O3S/c1-40(38,39)21-20(15-9-16-4-5-17(10-15)35(16)25(37)23-28-13-29-33-23)32-24-18(12-31-36(24)22(21)26)14-3-6-19(27-11-14)34-8-2-7-30-34/h2-3,6-8,11-13,15-17H,4-5,9-10,26H2,1H3,(H,28,29,33)/t15-,16+,17-. The van der Waals surface area contributed by atoms with Crippen molar-refractivity contribution in [3.63, 3.8) is 0 Å². The van der Waals surface area contributed by atoms with Crippen molar-refractivity contribution < 1.29 is 13.2 Å². The maximum atomic E-state index is 13.1. The predicted octanol–water partition coefficient (Wildman–Crippen LogP) is 1.63. The lowest BCUT2D eigenvalue weighted by atomic mass is 9.87. The first-order chi connectivity index (χ1) is 19.3. The molecule has 0 aromatic carbocycles. The van der Waals surface area contributed by atoms with E-state index in [1.54, 1.807) is 29.5 Å². The van der Waals surface area contributed by atoms with Gasteiger partial charge >= 0.3 is 0 Å². The van der Waals surface area contributed by atoms with Crippen LogP contribution in [0.25, 0.3) is 22.6 Å². The fourth-order valence-electron chi connectivity index (χ4n) is 6.13. The molecule has 15 heteroatoms. The highest BCUT2D eigenvalue weighted by molar-refractivity contribution is 7.91. The highest BCUT2D eigenvalue weighted by Gasteiger charge is 2.46. The van der Waals surface area contributed by atoms with Gasteiger partial charge in [0.05, 0.1) is 11.9 Å². The maximum absolute atomic E-state index is 13.1. The van der Waals surface area contributed by atoms with Crippen molar-refractivity contribution in [1.82, 2.24) is 49.4 Å². The number of fused-ring (bicyclic) bond motifs is 3. The minimum absolute atomic E-state index is 0.0128. The van der Waals surface area contributed by atoms with Crippen molar-refractivity contribution in [3.05, 3.63) is 60.8 Å². The summed E-state index contributed by atoms with van der Waals surface area (Å²) in [7, 11) is -3.75. The van der Waals surface area contributed by atoms with E-state index in [-0.39, 0.29) is 40.4 Å². The van der Waals surface area contributed by atoms with Gasteiger partial charge in [-0.3, -0.25) is 4.79 Å². The lowest BCUT2D eigenvalue weighted by Gasteiger charge is -2.38. The zero-order valence-electron chi connectivity index (χ0n) is 21.4. The van der Waals surface area contributed by atoms with Gasteiger partial charge in [0.1, 0.15) is 17.0 Å². The number of nitrogens with one attached hydrogen (secondary N) is 1. The molecule has 5 aromatic heterocycles. The molecular formula is C25H25N11O3S. The third-order valence-corrected chi connectivity index (χ3v) is 8.97. The molecule has 7 heterocycles. The van der Waals surface area contributed by atoms with Crippen LogP contribution >= 0.6 is 0 Å². The number of piperidine rings is 1. The van der Waals surface area contributed by atoms with Crippen molar-refractivity contribution in [2.45, 2.75) is 48.6 Å². The van der Waals surface area contributed by atoms with Crippen LogP contribution in [-0.2, 0) is 9.84 Å². The number of pyridine rings is 1. The molecule has 2 saturated heterocycles. The van der Waals surface area contributed by atoms with E-state index in [2.05, 4.69) is 30.4 Å². The first-order valence-corrected chi connectivity index (χ1v) is 14.7. The second kappa shape index (κ2) is 8.94. The first-order valence-electron chi connectivity index (χ1n) is 12.8. The molecule has 14 nitrogen and oxygen atoms in total. The highest BCUT2D eigenvalue weighted by Crippen LogP contribution is 2.45. The number of hydrogen-bond acceptors (Lipinski definition) is 10. The first kappa shape index (κ1) is 24.4. The summed E-state index contributed by atoms with van der Waals surface area (Å²) in [6.45, 7) is 0. The number of nitrogens with zero attached hydrogens (tertiary/aromatic N) is 9. The molecular weight excluding hydrogens is 534 g/mol. The number of nitrogens with two attached hydrogens (primary N) is 1. The lowest BCUT2D eigenvalue weighted by molar-refractivity contribution is 0.0556. The van der Waals surface area contributed by atoms with Gasteiger partial charge in [0.15, 0.2) is 21.3 Å². The van der Waals surface area contributed by atoms with Crippen LogP contribution < -0.4 is 5.73 Å². The Morgan fingerprint density at radius 2 is 1.93 bits per heavy atom. The minimum Gasteiger partial charge on any atom is -0.382 e. The van der Waals surface area contributed by atoms with E-state index < -0.39 is 9.84 Å². The van der Waals surface area contributed by atoms with Crippen molar-refractivity contribution in [1.29, 1.82) is 0 Å². The van der Waals surface area contributed by atoms with Crippen molar-refractivity contribution in [3.8, 4) is 16.9 Å². The fourth-order valence-corrected chi connectivity index (χ4v) is 7.19. The van der Waals surface area contributed by atoms with Gasteiger partial charge in [0.25, 0.3) is 5.91 Å². The van der Waals surface area contributed by atoms with Crippen LogP contribution in [0, 0.1) is 0 Å². The quantitative estimate of drug-likeness (QED) is 0.321. The van der Waals surface area contributed by atoms with Crippen LogP contribution in [0.15, 0.2) is 54.2 Å². The molecule has 2 aliphatic rings. The molecule has 0 saturated carbocycles. The van der Waals surface area contributed by atoms with Crippen molar-refractivity contribution >= 4 is 27.2 Å². The van der Waals surface area contributed by atoms with Gasteiger partial charge < -0.3 is 15.6 Å². The number of aromatic amines is 1. The van der Waals surface area contributed by atoms with Gasteiger partial charge in [0, 0.05) is 54.0 Å². The molecule has 2 bridgehead atoms. The van der Waals surface area contributed by atoms with Gasteiger partial charge in [-0.2, -0.15) is 14.7 Å². The number of nitrogen functional groups attached to an aromatic ring is 1.